The monoisotopic (exact) mass is 406 g/mol. The minimum Gasteiger partial charge on any atom is -0.351 e. The first-order valence-electron chi connectivity index (χ1n) is 8.82. The Morgan fingerprint density at radius 1 is 0.963 bits per heavy atom. The first-order chi connectivity index (χ1) is 12.7. The van der Waals surface area contributed by atoms with Crippen LogP contribution in [-0.2, 0) is 27.1 Å². The van der Waals surface area contributed by atoms with Crippen LogP contribution < -0.4 is 10.0 Å². The summed E-state index contributed by atoms with van der Waals surface area (Å²) >= 11 is 1.51. The lowest BCUT2D eigenvalue weighted by Gasteiger charge is -2.12. The second kappa shape index (κ2) is 9.92. The third-order valence-electron chi connectivity index (χ3n) is 3.69. The molecule has 2 N–H and O–H groups in total. The van der Waals surface area contributed by atoms with E-state index < -0.39 is 10.0 Å². The van der Waals surface area contributed by atoms with Crippen molar-refractivity contribution in [3.8, 4) is 0 Å². The maximum absolute atomic E-state index is 12.3. The lowest BCUT2D eigenvalue weighted by atomic mass is 10.1. The van der Waals surface area contributed by atoms with E-state index in [2.05, 4.69) is 10.0 Å². The number of rotatable bonds is 9. The third-order valence-corrected chi connectivity index (χ3v) is 6.34. The van der Waals surface area contributed by atoms with Crippen molar-refractivity contribution in [1.82, 2.24) is 10.0 Å². The second-order valence-electron chi connectivity index (χ2n) is 6.64. The predicted octanol–water partition coefficient (Wildman–Crippen LogP) is 3.31. The summed E-state index contributed by atoms with van der Waals surface area (Å²) in [5, 5.41) is 2.73. The van der Waals surface area contributed by atoms with Crippen molar-refractivity contribution >= 4 is 27.7 Å². The molecule has 0 bridgehead atoms. The zero-order valence-corrected chi connectivity index (χ0v) is 17.4. The standard InChI is InChI=1S/C20H26N2O3S2/c1-15(2)22-27(24,25)14-18-11-9-17(10-12-18)13-21-20(23)16(3)26-19-7-5-4-6-8-19/h4-12,15-16,22H,13-14H2,1-3H3,(H,21,23). The molecule has 2 rings (SSSR count). The van der Waals surface area contributed by atoms with Gasteiger partial charge in [0, 0.05) is 17.5 Å². The van der Waals surface area contributed by atoms with Crippen molar-refractivity contribution in [3.63, 3.8) is 0 Å². The van der Waals surface area contributed by atoms with Gasteiger partial charge in [0.25, 0.3) is 0 Å². The van der Waals surface area contributed by atoms with Gasteiger partial charge in [-0.2, -0.15) is 0 Å². The fraction of sp³-hybridized carbons (Fsp3) is 0.350. The number of benzene rings is 2. The van der Waals surface area contributed by atoms with Crippen LogP contribution in [0.15, 0.2) is 59.5 Å². The fourth-order valence-electron chi connectivity index (χ4n) is 2.46. The molecule has 7 heteroatoms. The molecule has 5 nitrogen and oxygen atoms in total. The van der Waals surface area contributed by atoms with Crippen LogP contribution in [0.1, 0.15) is 31.9 Å². The van der Waals surface area contributed by atoms with Crippen LogP contribution in [0.5, 0.6) is 0 Å². The quantitative estimate of drug-likeness (QED) is 0.627. The molecule has 0 radical (unpaired) electrons. The van der Waals surface area contributed by atoms with Gasteiger partial charge >= 0.3 is 0 Å². The molecule has 1 unspecified atom stereocenters. The lowest BCUT2D eigenvalue weighted by Crippen LogP contribution is -2.31. The van der Waals surface area contributed by atoms with Crippen molar-refractivity contribution in [2.24, 2.45) is 0 Å². The summed E-state index contributed by atoms with van der Waals surface area (Å²) < 4.78 is 26.5. The van der Waals surface area contributed by atoms with Gasteiger partial charge in [-0.05, 0) is 44.0 Å². The van der Waals surface area contributed by atoms with E-state index in [1.165, 1.54) is 11.8 Å². The predicted molar refractivity (Wildman–Crippen MR) is 111 cm³/mol. The maximum atomic E-state index is 12.3. The minimum absolute atomic E-state index is 0.0309. The molecular weight excluding hydrogens is 380 g/mol. The number of carbonyl (C=O) groups is 1. The molecule has 0 aliphatic carbocycles. The van der Waals surface area contributed by atoms with E-state index in [9.17, 15) is 13.2 Å². The lowest BCUT2D eigenvalue weighted by molar-refractivity contribution is -0.120. The van der Waals surface area contributed by atoms with Crippen LogP contribution in [0.2, 0.25) is 0 Å². The van der Waals surface area contributed by atoms with Gasteiger partial charge in [0.1, 0.15) is 0 Å². The van der Waals surface area contributed by atoms with Crippen molar-refractivity contribution in [3.05, 3.63) is 65.7 Å². The van der Waals surface area contributed by atoms with Crippen LogP contribution in [-0.4, -0.2) is 25.6 Å². The first kappa shape index (κ1) is 21.5. The van der Waals surface area contributed by atoms with Crippen LogP contribution in [0.25, 0.3) is 0 Å². The van der Waals surface area contributed by atoms with Gasteiger partial charge in [-0.25, -0.2) is 13.1 Å². The van der Waals surface area contributed by atoms with E-state index in [4.69, 9.17) is 0 Å². The Morgan fingerprint density at radius 2 is 1.56 bits per heavy atom. The van der Waals surface area contributed by atoms with Crippen molar-refractivity contribution < 1.29 is 13.2 Å². The van der Waals surface area contributed by atoms with Crippen molar-refractivity contribution in [1.29, 1.82) is 0 Å². The van der Waals surface area contributed by atoms with Gasteiger partial charge in [-0.3, -0.25) is 4.79 Å². The third kappa shape index (κ3) is 7.74. The van der Waals surface area contributed by atoms with Gasteiger partial charge in [0.2, 0.25) is 15.9 Å². The molecule has 0 fully saturated rings. The Kier molecular flexibility index (Phi) is 7.89. The molecule has 0 aliphatic rings. The van der Waals surface area contributed by atoms with E-state index in [-0.39, 0.29) is 23.0 Å². The second-order valence-corrected chi connectivity index (χ2v) is 9.81. The van der Waals surface area contributed by atoms with Crippen LogP contribution in [0.4, 0.5) is 0 Å². The summed E-state index contributed by atoms with van der Waals surface area (Å²) in [5.74, 6) is -0.0839. The van der Waals surface area contributed by atoms with Gasteiger partial charge < -0.3 is 5.32 Å². The molecule has 1 atom stereocenters. The van der Waals surface area contributed by atoms with Crippen LogP contribution in [0.3, 0.4) is 0 Å². The number of thioether (sulfide) groups is 1. The Bertz CT molecular complexity index is 835. The normalized spacial score (nSPS) is 12.7. The highest BCUT2D eigenvalue weighted by atomic mass is 32.2. The van der Waals surface area contributed by atoms with Crippen molar-refractivity contribution in [2.75, 3.05) is 0 Å². The highest BCUT2D eigenvalue weighted by molar-refractivity contribution is 8.00. The van der Waals surface area contributed by atoms with E-state index in [0.29, 0.717) is 12.1 Å². The molecule has 0 heterocycles. The molecular formula is C20H26N2O3S2. The molecule has 0 spiro atoms. The number of sulfonamides is 1. The average molecular weight is 407 g/mol. The number of carbonyl (C=O) groups excluding carboxylic acids is 1. The fourth-order valence-corrected chi connectivity index (χ4v) is 4.81. The molecule has 0 saturated heterocycles. The number of nitrogens with one attached hydrogen (secondary N) is 2. The summed E-state index contributed by atoms with van der Waals surface area (Å²) in [6.45, 7) is 5.87. The Morgan fingerprint density at radius 3 is 2.15 bits per heavy atom. The smallest absolute Gasteiger partial charge is 0.233 e. The van der Waals surface area contributed by atoms with Gasteiger partial charge in [-0.15, -0.1) is 11.8 Å². The van der Waals surface area contributed by atoms with Crippen LogP contribution >= 0.6 is 11.8 Å². The van der Waals surface area contributed by atoms with E-state index in [1.807, 2.05) is 49.4 Å². The SMILES string of the molecule is CC(C)NS(=O)(=O)Cc1ccc(CNC(=O)C(C)Sc2ccccc2)cc1. The summed E-state index contributed by atoms with van der Waals surface area (Å²) in [6, 6.07) is 16.9. The van der Waals surface area contributed by atoms with Crippen LogP contribution in [0, 0.1) is 0 Å². The summed E-state index contributed by atoms with van der Waals surface area (Å²) in [5.41, 5.74) is 1.64. The maximum Gasteiger partial charge on any atom is 0.233 e. The Balaban J connectivity index is 1.84. The molecule has 27 heavy (non-hydrogen) atoms. The van der Waals surface area contributed by atoms with Gasteiger partial charge in [-0.1, -0.05) is 42.5 Å². The average Bonchev–Trinajstić information content (AvgIpc) is 2.60. The topological polar surface area (TPSA) is 75.3 Å². The number of hydrogen-bond acceptors (Lipinski definition) is 4. The zero-order valence-electron chi connectivity index (χ0n) is 15.8. The van der Waals surface area contributed by atoms with E-state index >= 15 is 0 Å². The molecule has 0 aromatic heterocycles. The Labute approximate surface area is 166 Å². The highest BCUT2D eigenvalue weighted by Crippen LogP contribution is 2.22. The molecule has 2 aromatic carbocycles. The number of amides is 1. The summed E-state index contributed by atoms with van der Waals surface area (Å²) in [6.07, 6.45) is 0. The van der Waals surface area contributed by atoms with Gasteiger partial charge in [0.05, 0.1) is 11.0 Å². The first-order valence-corrected chi connectivity index (χ1v) is 11.4. The van der Waals surface area contributed by atoms with E-state index in [1.54, 1.807) is 26.0 Å². The summed E-state index contributed by atoms with van der Waals surface area (Å²) in [7, 11) is -3.34. The molecule has 0 aliphatic heterocycles. The molecule has 1 amide bonds. The zero-order chi connectivity index (χ0) is 19.9. The largest absolute Gasteiger partial charge is 0.351 e. The molecule has 0 saturated carbocycles. The van der Waals surface area contributed by atoms with Gasteiger partial charge in [0.15, 0.2) is 0 Å². The molecule has 2 aromatic rings. The highest BCUT2D eigenvalue weighted by Gasteiger charge is 2.15. The molecule has 146 valence electrons. The Hall–Kier alpha value is -1.83. The number of hydrogen-bond donors (Lipinski definition) is 2. The van der Waals surface area contributed by atoms with E-state index in [0.717, 1.165) is 10.5 Å². The minimum atomic E-state index is -3.34. The summed E-state index contributed by atoms with van der Waals surface area (Å²) in [4.78, 5) is 13.3. The van der Waals surface area contributed by atoms with Crippen molar-refractivity contribution in [2.45, 2.75) is 49.3 Å².